The summed E-state index contributed by atoms with van der Waals surface area (Å²) in [7, 11) is 0. The van der Waals surface area contributed by atoms with Gasteiger partial charge in [-0.3, -0.25) is 0 Å². The minimum atomic E-state index is -1.04. The van der Waals surface area contributed by atoms with Gasteiger partial charge in [0, 0.05) is 0 Å². The molecule has 4 heterocycles. The maximum atomic E-state index is 10.7. The van der Waals surface area contributed by atoms with Crippen LogP contribution in [0.15, 0.2) is 0 Å². The molecule has 0 amide bonds. The SMILES string of the molecule is CC1(C)OC2(C)C(OCC(=O)O)CC1CC2OCC(=O)O.CC1(C)OC2(C)C(OCCO)CC1CC2OCCO. The lowest BCUT2D eigenvalue weighted by Crippen LogP contribution is -2.69. The van der Waals surface area contributed by atoms with Gasteiger partial charge in [0.15, 0.2) is 0 Å². The van der Waals surface area contributed by atoms with Gasteiger partial charge in [-0.2, -0.15) is 0 Å². The first-order chi connectivity index (χ1) is 18.6. The number of fused-ring (bicyclic) bond motifs is 6. The van der Waals surface area contributed by atoms with Crippen molar-refractivity contribution in [2.45, 2.75) is 114 Å². The van der Waals surface area contributed by atoms with Gasteiger partial charge >= 0.3 is 11.9 Å². The number of rotatable bonds is 12. The molecule has 0 spiro atoms. The van der Waals surface area contributed by atoms with Crippen LogP contribution in [0.1, 0.15) is 67.2 Å². The van der Waals surface area contributed by atoms with Crippen LogP contribution in [0, 0.1) is 11.8 Å². The molecule has 4 unspecified atom stereocenters. The quantitative estimate of drug-likeness (QED) is 0.265. The molecule has 2 aliphatic carbocycles. The molecule has 4 aliphatic heterocycles. The highest BCUT2D eigenvalue weighted by Gasteiger charge is 2.61. The van der Waals surface area contributed by atoms with Crippen LogP contribution in [0.2, 0.25) is 0 Å². The van der Waals surface area contributed by atoms with Crippen LogP contribution in [-0.2, 0) is 38.0 Å². The minimum Gasteiger partial charge on any atom is -0.480 e. The molecular weight excluding hydrogens is 528 g/mol. The Labute approximate surface area is 236 Å². The Morgan fingerprint density at radius 3 is 1.20 bits per heavy atom. The van der Waals surface area contributed by atoms with Gasteiger partial charge in [0.25, 0.3) is 0 Å². The number of aliphatic carboxylic acids is 2. The lowest BCUT2D eigenvalue weighted by Gasteiger charge is -2.60. The first-order valence-electron chi connectivity index (χ1n) is 14.1. The summed E-state index contributed by atoms with van der Waals surface area (Å²) in [5, 5.41) is 35.4. The van der Waals surface area contributed by atoms with Gasteiger partial charge in [-0.1, -0.05) is 0 Å². The molecule has 0 aromatic rings. The Morgan fingerprint density at radius 2 is 0.925 bits per heavy atom. The summed E-state index contributed by atoms with van der Waals surface area (Å²) < 4.78 is 34.8. The van der Waals surface area contributed by atoms with E-state index >= 15 is 0 Å². The lowest BCUT2D eigenvalue weighted by atomic mass is 9.65. The Balaban J connectivity index is 0.000000222. The molecule has 0 aromatic heterocycles. The number of carbonyl (C=O) groups is 2. The van der Waals surface area contributed by atoms with Crippen LogP contribution >= 0.6 is 0 Å². The predicted octanol–water partition coefficient (Wildman–Crippen LogP) is 1.62. The van der Waals surface area contributed by atoms with E-state index < -0.39 is 48.6 Å². The van der Waals surface area contributed by atoms with Crippen molar-refractivity contribution in [1.29, 1.82) is 0 Å². The average molecular weight is 577 g/mol. The summed E-state index contributed by atoms with van der Waals surface area (Å²) in [6, 6.07) is 0. The highest BCUT2D eigenvalue weighted by atomic mass is 16.6. The molecule has 2 saturated carbocycles. The van der Waals surface area contributed by atoms with Gasteiger partial charge in [-0.25, -0.2) is 9.59 Å². The van der Waals surface area contributed by atoms with Crippen LogP contribution in [0.3, 0.4) is 0 Å². The Hall–Kier alpha value is -1.38. The van der Waals surface area contributed by atoms with Gasteiger partial charge in [-0.15, -0.1) is 0 Å². The Morgan fingerprint density at radius 1 is 0.625 bits per heavy atom. The molecule has 4 saturated heterocycles. The maximum absolute atomic E-state index is 10.7. The first kappa shape index (κ1) is 33.1. The van der Waals surface area contributed by atoms with Crippen LogP contribution in [0.4, 0.5) is 0 Å². The molecule has 6 aliphatic rings. The van der Waals surface area contributed by atoms with E-state index in [1.165, 1.54) is 0 Å². The second kappa shape index (κ2) is 12.9. The third-order valence-corrected chi connectivity index (χ3v) is 9.12. The summed E-state index contributed by atoms with van der Waals surface area (Å²) in [5.41, 5.74) is -1.89. The third-order valence-electron chi connectivity index (χ3n) is 9.12. The molecule has 4 N–H and O–H groups in total. The van der Waals surface area contributed by atoms with Crippen molar-refractivity contribution < 1.29 is 58.4 Å². The highest BCUT2D eigenvalue weighted by molar-refractivity contribution is 5.68. The standard InChI is InChI=1S/C14H22O7.C14H26O5/c1-13(2)8-4-9(19-6-11(15)16)14(3,21-13)10(5-8)20-7-12(17)18;1-13(2)10-8-11(17-6-4-15)14(3,19-13)12(9-10)18-7-5-16/h8-10H,4-7H2,1-3H3,(H,15,16)(H,17,18);10-12,15-16H,4-9H2,1-3H3. The van der Waals surface area contributed by atoms with Crippen LogP contribution in [-0.4, -0.2) is 119 Å². The topological polar surface area (TPSA) is 170 Å². The van der Waals surface area contributed by atoms with Gasteiger partial charge in [0.05, 0.1) is 62.0 Å². The van der Waals surface area contributed by atoms with Gasteiger partial charge in [0.1, 0.15) is 24.4 Å². The normalized spacial score (nSPS) is 38.9. The van der Waals surface area contributed by atoms with Crippen molar-refractivity contribution in [3.8, 4) is 0 Å². The maximum Gasteiger partial charge on any atom is 0.329 e. The number of carboxylic acid groups (broad SMARTS) is 2. The predicted molar refractivity (Wildman–Crippen MR) is 141 cm³/mol. The molecule has 12 heteroatoms. The summed E-state index contributed by atoms with van der Waals surface area (Å²) in [4.78, 5) is 21.4. The van der Waals surface area contributed by atoms with Crippen molar-refractivity contribution in [1.82, 2.24) is 0 Å². The monoisotopic (exact) mass is 576 g/mol. The number of ether oxygens (including phenoxy) is 6. The van der Waals surface area contributed by atoms with E-state index in [-0.39, 0.29) is 42.5 Å². The lowest BCUT2D eigenvalue weighted by molar-refractivity contribution is -0.326. The fraction of sp³-hybridized carbons (Fsp3) is 0.929. The number of hydrogen-bond acceptors (Lipinski definition) is 10. The molecule has 40 heavy (non-hydrogen) atoms. The summed E-state index contributed by atoms with van der Waals surface area (Å²) >= 11 is 0. The fourth-order valence-electron chi connectivity index (χ4n) is 6.94. The molecule has 12 nitrogen and oxygen atoms in total. The van der Waals surface area contributed by atoms with E-state index in [1.807, 2.05) is 27.7 Å². The summed E-state index contributed by atoms with van der Waals surface area (Å²) in [5.74, 6) is -1.57. The van der Waals surface area contributed by atoms with E-state index in [1.54, 1.807) is 0 Å². The zero-order valence-electron chi connectivity index (χ0n) is 24.6. The largest absolute Gasteiger partial charge is 0.480 e. The van der Waals surface area contributed by atoms with E-state index in [4.69, 9.17) is 48.8 Å². The second-order valence-corrected chi connectivity index (χ2v) is 12.7. The Kier molecular flexibility index (Phi) is 10.7. The average Bonchev–Trinajstić information content (AvgIpc) is 2.84. The molecule has 6 fully saturated rings. The smallest absolute Gasteiger partial charge is 0.329 e. The van der Waals surface area contributed by atoms with E-state index in [9.17, 15) is 9.59 Å². The minimum absolute atomic E-state index is 0.0167. The molecule has 4 atom stereocenters. The van der Waals surface area contributed by atoms with Crippen molar-refractivity contribution in [3.05, 3.63) is 0 Å². The molecule has 4 bridgehead atoms. The van der Waals surface area contributed by atoms with E-state index in [2.05, 4.69) is 13.8 Å². The zero-order chi connectivity index (χ0) is 29.9. The van der Waals surface area contributed by atoms with Crippen LogP contribution < -0.4 is 0 Å². The number of aliphatic hydroxyl groups excluding tert-OH is 2. The van der Waals surface area contributed by atoms with Gasteiger partial charge < -0.3 is 48.8 Å². The van der Waals surface area contributed by atoms with Gasteiger partial charge in [-0.05, 0) is 79.1 Å². The molecule has 6 rings (SSSR count). The molecular formula is C28H48O12. The van der Waals surface area contributed by atoms with E-state index in [0.29, 0.717) is 32.0 Å². The number of hydrogen-bond donors (Lipinski definition) is 4. The van der Waals surface area contributed by atoms with Crippen molar-refractivity contribution in [2.24, 2.45) is 11.8 Å². The highest BCUT2D eigenvalue weighted by Crippen LogP contribution is 2.53. The Bertz CT molecular complexity index is 827. The summed E-state index contributed by atoms with van der Waals surface area (Å²) in [6.07, 6.45) is 2.28. The molecule has 232 valence electrons. The van der Waals surface area contributed by atoms with Gasteiger partial charge in [0.2, 0.25) is 0 Å². The van der Waals surface area contributed by atoms with E-state index in [0.717, 1.165) is 12.8 Å². The summed E-state index contributed by atoms with van der Waals surface area (Å²) in [6.45, 7) is 11.9. The zero-order valence-corrected chi connectivity index (χ0v) is 24.6. The van der Waals surface area contributed by atoms with Crippen molar-refractivity contribution in [2.75, 3.05) is 39.6 Å². The first-order valence-corrected chi connectivity index (χ1v) is 14.1. The van der Waals surface area contributed by atoms with Crippen molar-refractivity contribution >= 4 is 11.9 Å². The number of carboxylic acids is 2. The number of aliphatic hydroxyl groups is 2. The third kappa shape index (κ3) is 7.15. The fourth-order valence-corrected chi connectivity index (χ4v) is 6.94. The second-order valence-electron chi connectivity index (χ2n) is 12.7. The van der Waals surface area contributed by atoms with Crippen LogP contribution in [0.5, 0.6) is 0 Å². The van der Waals surface area contributed by atoms with Crippen molar-refractivity contribution in [3.63, 3.8) is 0 Å². The van der Waals surface area contributed by atoms with Crippen LogP contribution in [0.25, 0.3) is 0 Å². The molecule has 0 aromatic carbocycles. The molecule has 0 radical (unpaired) electrons.